The number of rotatable bonds is 8. The van der Waals surface area contributed by atoms with E-state index >= 15 is 0 Å². The predicted octanol–water partition coefficient (Wildman–Crippen LogP) is 3.44. The second kappa shape index (κ2) is 9.56. The SMILES string of the molecule is CCOc1cccc(CNC(=O)N(C)Cc2cc(OC)ccc2OC)c1. The fourth-order valence-corrected chi connectivity index (χ4v) is 2.56. The normalized spacial score (nSPS) is 10.2. The Morgan fingerprint density at radius 1 is 1.08 bits per heavy atom. The Balaban J connectivity index is 1.96. The van der Waals surface area contributed by atoms with E-state index in [4.69, 9.17) is 14.2 Å². The second-order valence-corrected chi connectivity index (χ2v) is 5.77. The van der Waals surface area contributed by atoms with Gasteiger partial charge in [-0.05, 0) is 42.8 Å². The van der Waals surface area contributed by atoms with Crippen LogP contribution in [0.2, 0.25) is 0 Å². The van der Waals surface area contributed by atoms with Crippen LogP contribution in [0.15, 0.2) is 42.5 Å². The zero-order valence-corrected chi connectivity index (χ0v) is 15.7. The van der Waals surface area contributed by atoms with Gasteiger partial charge in [0.15, 0.2) is 0 Å². The van der Waals surface area contributed by atoms with E-state index in [-0.39, 0.29) is 6.03 Å². The van der Waals surface area contributed by atoms with Crippen molar-refractivity contribution in [1.29, 1.82) is 0 Å². The van der Waals surface area contributed by atoms with E-state index in [1.807, 2.05) is 49.4 Å². The minimum Gasteiger partial charge on any atom is -0.497 e. The number of urea groups is 1. The van der Waals surface area contributed by atoms with Crippen molar-refractivity contribution in [3.63, 3.8) is 0 Å². The molecule has 0 heterocycles. The molecule has 26 heavy (non-hydrogen) atoms. The summed E-state index contributed by atoms with van der Waals surface area (Å²) in [6, 6.07) is 13.0. The minimum atomic E-state index is -0.170. The molecule has 0 unspecified atom stereocenters. The Morgan fingerprint density at radius 3 is 2.58 bits per heavy atom. The molecule has 0 saturated heterocycles. The molecule has 6 heteroatoms. The zero-order chi connectivity index (χ0) is 18.9. The molecule has 6 nitrogen and oxygen atoms in total. The van der Waals surface area contributed by atoms with Crippen molar-refractivity contribution in [2.24, 2.45) is 0 Å². The van der Waals surface area contributed by atoms with Crippen molar-refractivity contribution in [3.8, 4) is 17.2 Å². The van der Waals surface area contributed by atoms with Crippen molar-refractivity contribution in [2.75, 3.05) is 27.9 Å². The van der Waals surface area contributed by atoms with E-state index in [0.29, 0.717) is 19.7 Å². The van der Waals surface area contributed by atoms with Crippen LogP contribution < -0.4 is 19.5 Å². The number of hydrogen-bond acceptors (Lipinski definition) is 4. The summed E-state index contributed by atoms with van der Waals surface area (Å²) in [5, 5.41) is 2.91. The van der Waals surface area contributed by atoms with Gasteiger partial charge in [0.2, 0.25) is 0 Å². The van der Waals surface area contributed by atoms with E-state index in [9.17, 15) is 4.79 Å². The molecule has 2 rings (SSSR count). The number of carbonyl (C=O) groups is 1. The van der Waals surface area contributed by atoms with Crippen LogP contribution in [0.4, 0.5) is 4.79 Å². The lowest BCUT2D eigenvalue weighted by Gasteiger charge is -2.20. The highest BCUT2D eigenvalue weighted by Gasteiger charge is 2.13. The third-order valence-electron chi connectivity index (χ3n) is 3.89. The number of ether oxygens (including phenoxy) is 3. The molecule has 0 fully saturated rings. The third kappa shape index (κ3) is 5.31. The van der Waals surface area contributed by atoms with Crippen LogP contribution in [0.5, 0.6) is 17.2 Å². The van der Waals surface area contributed by atoms with Gasteiger partial charge >= 0.3 is 6.03 Å². The number of benzene rings is 2. The fraction of sp³-hybridized carbons (Fsp3) is 0.350. The molecule has 0 spiro atoms. The number of carbonyl (C=O) groups excluding carboxylic acids is 1. The molecule has 1 N–H and O–H groups in total. The van der Waals surface area contributed by atoms with Crippen molar-refractivity contribution in [3.05, 3.63) is 53.6 Å². The molecule has 0 aliphatic heterocycles. The zero-order valence-electron chi connectivity index (χ0n) is 15.7. The molecule has 0 aliphatic rings. The summed E-state index contributed by atoms with van der Waals surface area (Å²) in [6.07, 6.45) is 0. The lowest BCUT2D eigenvalue weighted by molar-refractivity contribution is 0.206. The lowest BCUT2D eigenvalue weighted by Crippen LogP contribution is -2.36. The smallest absolute Gasteiger partial charge is 0.317 e. The molecular weight excluding hydrogens is 332 g/mol. The van der Waals surface area contributed by atoms with Gasteiger partial charge in [0.25, 0.3) is 0 Å². The molecule has 0 aliphatic carbocycles. The van der Waals surface area contributed by atoms with Crippen LogP contribution in [-0.2, 0) is 13.1 Å². The summed E-state index contributed by atoms with van der Waals surface area (Å²) in [5.74, 6) is 2.24. The molecule has 0 bridgehead atoms. The quantitative estimate of drug-likeness (QED) is 0.785. The molecule has 2 aromatic carbocycles. The van der Waals surface area contributed by atoms with Crippen molar-refractivity contribution in [2.45, 2.75) is 20.0 Å². The van der Waals surface area contributed by atoms with Gasteiger partial charge < -0.3 is 24.4 Å². The van der Waals surface area contributed by atoms with Crippen molar-refractivity contribution in [1.82, 2.24) is 10.2 Å². The molecule has 0 aromatic heterocycles. The predicted molar refractivity (Wildman–Crippen MR) is 101 cm³/mol. The Labute approximate surface area is 154 Å². The summed E-state index contributed by atoms with van der Waals surface area (Å²) in [5.41, 5.74) is 1.86. The standard InChI is InChI=1S/C20H26N2O4/c1-5-26-18-8-6-7-15(11-18)13-21-20(23)22(2)14-16-12-17(24-3)9-10-19(16)25-4/h6-12H,5,13-14H2,1-4H3,(H,21,23). The van der Waals surface area contributed by atoms with Crippen LogP contribution in [0.25, 0.3) is 0 Å². The molecule has 2 aromatic rings. The molecule has 0 saturated carbocycles. The highest BCUT2D eigenvalue weighted by molar-refractivity contribution is 5.74. The van der Waals surface area contributed by atoms with Crippen LogP contribution in [-0.4, -0.2) is 38.8 Å². The van der Waals surface area contributed by atoms with Crippen LogP contribution in [0, 0.1) is 0 Å². The van der Waals surface area contributed by atoms with Gasteiger partial charge in [0.1, 0.15) is 17.2 Å². The molecular formula is C20H26N2O4. The summed E-state index contributed by atoms with van der Waals surface area (Å²) in [7, 11) is 4.96. The topological polar surface area (TPSA) is 60.0 Å². The van der Waals surface area contributed by atoms with Crippen LogP contribution >= 0.6 is 0 Å². The maximum Gasteiger partial charge on any atom is 0.317 e. The van der Waals surface area contributed by atoms with Gasteiger partial charge in [-0.15, -0.1) is 0 Å². The highest BCUT2D eigenvalue weighted by atomic mass is 16.5. The van der Waals surface area contributed by atoms with Gasteiger partial charge in [0.05, 0.1) is 27.4 Å². The Kier molecular flexibility index (Phi) is 7.14. The van der Waals surface area contributed by atoms with Gasteiger partial charge in [-0.2, -0.15) is 0 Å². The van der Waals surface area contributed by atoms with Gasteiger partial charge in [-0.3, -0.25) is 0 Å². The summed E-state index contributed by atoms with van der Waals surface area (Å²) in [4.78, 5) is 14.0. The number of amides is 2. The van der Waals surface area contributed by atoms with E-state index < -0.39 is 0 Å². The van der Waals surface area contributed by atoms with Crippen LogP contribution in [0.3, 0.4) is 0 Å². The van der Waals surface area contributed by atoms with E-state index in [1.165, 1.54) is 0 Å². The van der Waals surface area contributed by atoms with Gasteiger partial charge in [-0.25, -0.2) is 4.79 Å². The maximum absolute atomic E-state index is 12.4. The molecule has 2 amide bonds. The molecule has 140 valence electrons. The highest BCUT2D eigenvalue weighted by Crippen LogP contribution is 2.25. The monoisotopic (exact) mass is 358 g/mol. The first-order chi connectivity index (χ1) is 12.6. The Hall–Kier alpha value is -2.89. The Morgan fingerprint density at radius 2 is 1.88 bits per heavy atom. The number of nitrogens with one attached hydrogen (secondary N) is 1. The number of methoxy groups -OCH3 is 2. The first-order valence-corrected chi connectivity index (χ1v) is 8.49. The average Bonchev–Trinajstić information content (AvgIpc) is 2.66. The van der Waals surface area contributed by atoms with E-state index in [0.717, 1.165) is 28.4 Å². The summed E-state index contributed by atoms with van der Waals surface area (Å²) >= 11 is 0. The minimum absolute atomic E-state index is 0.170. The largest absolute Gasteiger partial charge is 0.497 e. The second-order valence-electron chi connectivity index (χ2n) is 5.77. The fourth-order valence-electron chi connectivity index (χ4n) is 2.56. The molecule has 0 atom stereocenters. The van der Waals surface area contributed by atoms with Gasteiger partial charge in [-0.1, -0.05) is 12.1 Å². The van der Waals surface area contributed by atoms with Crippen molar-refractivity contribution >= 4 is 6.03 Å². The lowest BCUT2D eigenvalue weighted by atomic mass is 10.2. The van der Waals surface area contributed by atoms with E-state index in [1.54, 1.807) is 26.2 Å². The summed E-state index contributed by atoms with van der Waals surface area (Å²) < 4.78 is 16.1. The average molecular weight is 358 g/mol. The maximum atomic E-state index is 12.4. The number of hydrogen-bond donors (Lipinski definition) is 1. The first-order valence-electron chi connectivity index (χ1n) is 8.49. The molecule has 0 radical (unpaired) electrons. The Bertz CT molecular complexity index is 734. The van der Waals surface area contributed by atoms with E-state index in [2.05, 4.69) is 5.32 Å². The first kappa shape index (κ1) is 19.4. The van der Waals surface area contributed by atoms with Crippen LogP contribution in [0.1, 0.15) is 18.1 Å². The third-order valence-corrected chi connectivity index (χ3v) is 3.89. The number of nitrogens with zero attached hydrogens (tertiary/aromatic N) is 1. The van der Waals surface area contributed by atoms with Crippen molar-refractivity contribution < 1.29 is 19.0 Å². The van der Waals surface area contributed by atoms with Gasteiger partial charge in [0, 0.05) is 19.2 Å². The summed E-state index contributed by atoms with van der Waals surface area (Å²) in [6.45, 7) is 3.39.